The molecule has 0 saturated carbocycles. The summed E-state index contributed by atoms with van der Waals surface area (Å²) in [6.45, 7) is 9.55. The molecule has 0 radical (unpaired) electrons. The highest BCUT2D eigenvalue weighted by Gasteiger charge is 2.18. The summed E-state index contributed by atoms with van der Waals surface area (Å²) < 4.78 is 5.13. The predicted octanol–water partition coefficient (Wildman–Crippen LogP) is 3.28. The minimum atomic E-state index is -0.550. The number of nitrogens with zero attached hydrogens (tertiary/aromatic N) is 1. The van der Waals surface area contributed by atoms with Gasteiger partial charge in [-0.1, -0.05) is 26.2 Å². The summed E-state index contributed by atoms with van der Waals surface area (Å²) in [4.78, 5) is 23.3. The van der Waals surface area contributed by atoms with Gasteiger partial charge in [-0.15, -0.1) is 0 Å². The zero-order valence-corrected chi connectivity index (χ0v) is 15.9. The number of carbonyl (C=O) groups is 2. The maximum absolute atomic E-state index is 11.8. The van der Waals surface area contributed by atoms with Crippen molar-refractivity contribution in [1.82, 2.24) is 10.4 Å². The summed E-state index contributed by atoms with van der Waals surface area (Å²) in [5, 5.41) is 13.7. The second-order valence-electron chi connectivity index (χ2n) is 7.12. The number of nitrogens with one attached hydrogen (secondary N) is 1. The molecular formula is C18H36N2O4. The Morgan fingerprint density at radius 2 is 1.62 bits per heavy atom. The lowest BCUT2D eigenvalue weighted by Gasteiger charge is -2.20. The molecule has 0 heterocycles. The molecule has 0 aliphatic rings. The number of ether oxygens (including phenoxy) is 1. The highest BCUT2D eigenvalue weighted by molar-refractivity contribution is 5.76. The Kier molecular flexibility index (Phi) is 12.6. The van der Waals surface area contributed by atoms with Gasteiger partial charge in [-0.3, -0.25) is 14.8 Å². The van der Waals surface area contributed by atoms with E-state index in [0.29, 0.717) is 11.5 Å². The Morgan fingerprint density at radius 1 is 1.00 bits per heavy atom. The Bertz CT molecular complexity index is 353. The van der Waals surface area contributed by atoms with Crippen LogP contribution in [0.2, 0.25) is 0 Å². The van der Waals surface area contributed by atoms with E-state index < -0.39 is 11.6 Å². The smallest absolute Gasteiger partial charge is 0.308 e. The van der Waals surface area contributed by atoms with E-state index in [1.807, 2.05) is 0 Å². The molecule has 0 atom stereocenters. The molecule has 2 N–H and O–H groups in total. The van der Waals surface area contributed by atoms with Crippen LogP contribution in [-0.4, -0.2) is 47.4 Å². The van der Waals surface area contributed by atoms with Crippen molar-refractivity contribution in [3.05, 3.63) is 0 Å². The average molecular weight is 344 g/mol. The fraction of sp³-hybridized carbons (Fsp3) is 0.889. The molecule has 1 amide bonds. The first-order valence-corrected chi connectivity index (χ1v) is 9.18. The first-order chi connectivity index (χ1) is 11.3. The summed E-state index contributed by atoms with van der Waals surface area (Å²) in [5.41, 5.74) is -0.550. The third-order valence-corrected chi connectivity index (χ3v) is 3.44. The number of esters is 1. The van der Waals surface area contributed by atoms with Crippen LogP contribution in [0, 0.1) is 0 Å². The molecule has 0 unspecified atom stereocenters. The summed E-state index contributed by atoms with van der Waals surface area (Å²) in [5.74, 6) is -0.752. The quantitative estimate of drug-likeness (QED) is 0.232. The SMILES string of the molecule is CCCCCNCCCCCC(=O)N(O)CCC(=O)OC(C)(C)C. The van der Waals surface area contributed by atoms with E-state index in [1.54, 1.807) is 20.8 Å². The van der Waals surface area contributed by atoms with Gasteiger partial charge in [-0.25, -0.2) is 5.06 Å². The summed E-state index contributed by atoms with van der Waals surface area (Å²) in [6, 6.07) is 0. The first kappa shape index (κ1) is 22.9. The number of unbranched alkanes of at least 4 members (excludes halogenated alkanes) is 4. The van der Waals surface area contributed by atoms with Gasteiger partial charge in [0.15, 0.2) is 0 Å². The van der Waals surface area contributed by atoms with Crippen LogP contribution in [0.3, 0.4) is 0 Å². The van der Waals surface area contributed by atoms with E-state index in [-0.39, 0.29) is 18.9 Å². The van der Waals surface area contributed by atoms with Crippen LogP contribution in [0.1, 0.15) is 79.1 Å². The van der Waals surface area contributed by atoms with E-state index in [4.69, 9.17) is 4.74 Å². The third kappa shape index (κ3) is 14.5. The highest BCUT2D eigenvalue weighted by atomic mass is 16.6. The van der Waals surface area contributed by atoms with Crippen molar-refractivity contribution in [2.75, 3.05) is 19.6 Å². The molecule has 0 saturated heterocycles. The van der Waals surface area contributed by atoms with Crippen LogP contribution in [0.15, 0.2) is 0 Å². The molecule has 24 heavy (non-hydrogen) atoms. The van der Waals surface area contributed by atoms with Crippen LogP contribution < -0.4 is 5.32 Å². The second kappa shape index (κ2) is 13.2. The lowest BCUT2D eigenvalue weighted by Crippen LogP contribution is -2.31. The number of rotatable bonds is 13. The molecule has 0 fully saturated rings. The number of amides is 1. The average Bonchev–Trinajstić information content (AvgIpc) is 2.49. The topological polar surface area (TPSA) is 78.9 Å². The van der Waals surface area contributed by atoms with Gasteiger partial charge in [0.25, 0.3) is 0 Å². The van der Waals surface area contributed by atoms with E-state index >= 15 is 0 Å². The van der Waals surface area contributed by atoms with Crippen LogP contribution in [0.25, 0.3) is 0 Å². The largest absolute Gasteiger partial charge is 0.460 e. The van der Waals surface area contributed by atoms with Gasteiger partial charge < -0.3 is 10.1 Å². The third-order valence-electron chi connectivity index (χ3n) is 3.44. The van der Waals surface area contributed by atoms with E-state index in [1.165, 1.54) is 19.3 Å². The molecule has 0 aromatic rings. The van der Waals surface area contributed by atoms with Crippen LogP contribution in [0.5, 0.6) is 0 Å². The van der Waals surface area contributed by atoms with Gasteiger partial charge in [-0.2, -0.15) is 0 Å². The zero-order chi connectivity index (χ0) is 18.4. The Hall–Kier alpha value is -1.14. The first-order valence-electron chi connectivity index (χ1n) is 9.18. The fourth-order valence-corrected chi connectivity index (χ4v) is 2.17. The van der Waals surface area contributed by atoms with Crippen LogP contribution in [0.4, 0.5) is 0 Å². The lowest BCUT2D eigenvalue weighted by molar-refractivity contribution is -0.170. The molecule has 6 nitrogen and oxygen atoms in total. The van der Waals surface area contributed by atoms with Crippen molar-refractivity contribution in [1.29, 1.82) is 0 Å². The van der Waals surface area contributed by atoms with Crippen LogP contribution in [-0.2, 0) is 14.3 Å². The summed E-state index contributed by atoms with van der Waals surface area (Å²) >= 11 is 0. The molecule has 0 aromatic carbocycles. The summed E-state index contributed by atoms with van der Waals surface area (Å²) in [6.07, 6.45) is 6.74. The molecule has 0 aromatic heterocycles. The highest BCUT2D eigenvalue weighted by Crippen LogP contribution is 2.09. The molecular weight excluding hydrogens is 308 g/mol. The molecule has 0 rings (SSSR count). The molecule has 0 aliphatic carbocycles. The molecule has 0 spiro atoms. The van der Waals surface area contributed by atoms with Crippen LogP contribution >= 0.6 is 0 Å². The minimum absolute atomic E-state index is 0.00118. The van der Waals surface area contributed by atoms with Crippen molar-refractivity contribution >= 4 is 11.9 Å². The van der Waals surface area contributed by atoms with Gasteiger partial charge in [0.2, 0.25) is 5.91 Å². The second-order valence-corrected chi connectivity index (χ2v) is 7.12. The fourth-order valence-electron chi connectivity index (χ4n) is 2.17. The number of hydrogen-bond donors (Lipinski definition) is 2. The van der Waals surface area contributed by atoms with Crippen molar-refractivity contribution in [3.8, 4) is 0 Å². The van der Waals surface area contributed by atoms with Crippen molar-refractivity contribution in [2.45, 2.75) is 84.7 Å². The maximum Gasteiger partial charge on any atom is 0.308 e. The van der Waals surface area contributed by atoms with E-state index in [0.717, 1.165) is 32.4 Å². The zero-order valence-electron chi connectivity index (χ0n) is 15.9. The summed E-state index contributed by atoms with van der Waals surface area (Å²) in [7, 11) is 0. The van der Waals surface area contributed by atoms with Crippen molar-refractivity contribution < 1.29 is 19.5 Å². The Morgan fingerprint density at radius 3 is 2.21 bits per heavy atom. The Labute approximate surface area is 146 Å². The van der Waals surface area contributed by atoms with Gasteiger partial charge in [-0.05, 0) is 53.1 Å². The predicted molar refractivity (Wildman–Crippen MR) is 94.8 cm³/mol. The van der Waals surface area contributed by atoms with Gasteiger partial charge in [0.1, 0.15) is 5.60 Å². The number of hydroxylamine groups is 2. The minimum Gasteiger partial charge on any atom is -0.460 e. The normalized spacial score (nSPS) is 11.4. The molecule has 142 valence electrons. The van der Waals surface area contributed by atoms with Gasteiger partial charge >= 0.3 is 5.97 Å². The molecule has 0 bridgehead atoms. The number of carbonyl (C=O) groups excluding carboxylic acids is 2. The monoisotopic (exact) mass is 344 g/mol. The van der Waals surface area contributed by atoms with Crippen molar-refractivity contribution in [3.63, 3.8) is 0 Å². The van der Waals surface area contributed by atoms with Gasteiger partial charge in [0.05, 0.1) is 13.0 Å². The van der Waals surface area contributed by atoms with E-state index in [2.05, 4.69) is 12.2 Å². The Balaban J connectivity index is 3.61. The van der Waals surface area contributed by atoms with Crippen molar-refractivity contribution in [2.24, 2.45) is 0 Å². The standard InChI is InChI=1S/C18H36N2O4/c1-5-6-9-13-19-14-10-7-8-11-16(21)20(23)15-12-17(22)24-18(2,3)4/h19,23H,5-15H2,1-4H3. The molecule has 0 aliphatic heterocycles. The lowest BCUT2D eigenvalue weighted by atomic mass is 10.2. The molecule has 6 heteroatoms. The van der Waals surface area contributed by atoms with E-state index in [9.17, 15) is 14.8 Å². The number of hydrogen-bond acceptors (Lipinski definition) is 5. The maximum atomic E-state index is 11.8. The van der Waals surface area contributed by atoms with Gasteiger partial charge in [0, 0.05) is 6.42 Å².